The summed E-state index contributed by atoms with van der Waals surface area (Å²) in [7, 11) is 1.89. The van der Waals surface area contributed by atoms with E-state index in [4.69, 9.17) is 0 Å². The zero-order chi connectivity index (χ0) is 13.0. The van der Waals surface area contributed by atoms with E-state index in [1.54, 1.807) is 0 Å². The number of nitrogens with zero attached hydrogens (tertiary/aromatic N) is 1. The number of amides is 1. The Morgan fingerprint density at radius 1 is 1.39 bits per heavy atom. The fraction of sp³-hybridized carbons (Fsp3) is 0.400. The van der Waals surface area contributed by atoms with Crippen LogP contribution in [0.1, 0.15) is 18.4 Å². The van der Waals surface area contributed by atoms with Crippen LogP contribution < -0.4 is 10.2 Å². The topological polar surface area (TPSA) is 32.3 Å². The Bertz CT molecular complexity index is 454. The average molecular weight is 244 g/mol. The van der Waals surface area contributed by atoms with Crippen molar-refractivity contribution < 1.29 is 4.79 Å². The van der Waals surface area contributed by atoms with Crippen LogP contribution >= 0.6 is 0 Å². The van der Waals surface area contributed by atoms with E-state index in [-0.39, 0.29) is 5.91 Å². The van der Waals surface area contributed by atoms with Gasteiger partial charge in [0.2, 0.25) is 5.91 Å². The SMILES string of the molecule is C=C(CNC)CN1C(=O)CCCc2ccccc21. The molecule has 0 unspecified atom stereocenters. The summed E-state index contributed by atoms with van der Waals surface area (Å²) in [6.07, 6.45) is 2.54. The predicted octanol–water partition coefficient (Wildman–Crippen LogP) is 2.13. The lowest BCUT2D eigenvalue weighted by Gasteiger charge is -2.24. The molecule has 0 aliphatic carbocycles. The first kappa shape index (κ1) is 12.8. The maximum atomic E-state index is 12.2. The first-order valence-corrected chi connectivity index (χ1v) is 6.42. The van der Waals surface area contributed by atoms with Gasteiger partial charge in [-0.15, -0.1) is 0 Å². The molecule has 0 spiro atoms. The number of anilines is 1. The van der Waals surface area contributed by atoms with Gasteiger partial charge in [-0.05, 0) is 37.1 Å². The number of rotatable bonds is 4. The lowest BCUT2D eigenvalue weighted by molar-refractivity contribution is -0.118. The fourth-order valence-electron chi connectivity index (χ4n) is 2.39. The molecule has 3 nitrogen and oxygen atoms in total. The first-order chi connectivity index (χ1) is 8.72. The Balaban J connectivity index is 2.25. The second-order valence-corrected chi connectivity index (χ2v) is 4.74. The Kier molecular flexibility index (Phi) is 4.15. The Morgan fingerprint density at radius 3 is 2.94 bits per heavy atom. The van der Waals surface area contributed by atoms with Gasteiger partial charge in [0, 0.05) is 25.2 Å². The molecule has 0 saturated heterocycles. The zero-order valence-electron chi connectivity index (χ0n) is 10.9. The van der Waals surface area contributed by atoms with Gasteiger partial charge in [-0.2, -0.15) is 0 Å². The van der Waals surface area contributed by atoms with Gasteiger partial charge in [-0.3, -0.25) is 4.79 Å². The second kappa shape index (κ2) is 5.83. The van der Waals surface area contributed by atoms with Crippen LogP contribution in [-0.2, 0) is 11.2 Å². The number of carbonyl (C=O) groups excluding carboxylic acids is 1. The highest BCUT2D eigenvalue weighted by atomic mass is 16.2. The Labute approximate surface area is 108 Å². The quantitative estimate of drug-likeness (QED) is 0.823. The molecular weight excluding hydrogens is 224 g/mol. The van der Waals surface area contributed by atoms with Gasteiger partial charge in [-0.1, -0.05) is 24.8 Å². The number of para-hydroxylation sites is 1. The van der Waals surface area contributed by atoms with Crippen LogP contribution in [0, 0.1) is 0 Å². The highest BCUT2D eigenvalue weighted by Crippen LogP contribution is 2.27. The van der Waals surface area contributed by atoms with Gasteiger partial charge >= 0.3 is 0 Å². The summed E-state index contributed by atoms with van der Waals surface area (Å²) in [5.74, 6) is 0.206. The third-order valence-electron chi connectivity index (χ3n) is 3.23. The molecule has 1 heterocycles. The second-order valence-electron chi connectivity index (χ2n) is 4.74. The number of fused-ring (bicyclic) bond motifs is 1. The Morgan fingerprint density at radius 2 is 2.17 bits per heavy atom. The summed E-state index contributed by atoms with van der Waals surface area (Å²) < 4.78 is 0. The van der Waals surface area contributed by atoms with Crippen molar-refractivity contribution in [2.45, 2.75) is 19.3 Å². The number of benzene rings is 1. The van der Waals surface area contributed by atoms with Crippen LogP contribution in [0.3, 0.4) is 0 Å². The van der Waals surface area contributed by atoms with Crippen molar-refractivity contribution in [1.29, 1.82) is 0 Å². The zero-order valence-corrected chi connectivity index (χ0v) is 10.9. The smallest absolute Gasteiger partial charge is 0.227 e. The number of aryl methyl sites for hydroxylation is 1. The standard InChI is InChI=1S/C15H20N2O/c1-12(10-16-2)11-17-14-8-4-3-6-13(14)7-5-9-15(17)18/h3-4,6,8,16H,1,5,7,9-11H2,2H3. The van der Waals surface area contributed by atoms with Gasteiger partial charge in [0.1, 0.15) is 0 Å². The van der Waals surface area contributed by atoms with E-state index in [1.165, 1.54) is 5.56 Å². The highest BCUT2D eigenvalue weighted by Gasteiger charge is 2.21. The number of likely N-dealkylation sites (N-methyl/N-ethyl adjacent to an activating group) is 1. The highest BCUT2D eigenvalue weighted by molar-refractivity contribution is 5.95. The van der Waals surface area contributed by atoms with Crippen LogP contribution in [0.15, 0.2) is 36.4 Å². The Hall–Kier alpha value is -1.61. The van der Waals surface area contributed by atoms with E-state index in [0.29, 0.717) is 13.0 Å². The molecule has 3 heteroatoms. The number of hydrogen-bond donors (Lipinski definition) is 1. The molecule has 1 aromatic carbocycles. The number of carbonyl (C=O) groups is 1. The molecule has 1 N–H and O–H groups in total. The first-order valence-electron chi connectivity index (χ1n) is 6.42. The van der Waals surface area contributed by atoms with Crippen molar-refractivity contribution in [2.75, 3.05) is 25.0 Å². The lowest BCUT2D eigenvalue weighted by atomic mass is 10.1. The molecule has 0 bridgehead atoms. The predicted molar refractivity (Wildman–Crippen MR) is 74.8 cm³/mol. The van der Waals surface area contributed by atoms with E-state index < -0.39 is 0 Å². The molecule has 0 saturated carbocycles. The minimum Gasteiger partial charge on any atom is -0.316 e. The summed E-state index contributed by atoms with van der Waals surface area (Å²) in [4.78, 5) is 14.1. The van der Waals surface area contributed by atoms with E-state index in [2.05, 4.69) is 18.0 Å². The minimum atomic E-state index is 0.206. The molecule has 0 aromatic heterocycles. The molecule has 18 heavy (non-hydrogen) atoms. The van der Waals surface area contributed by atoms with Crippen molar-refractivity contribution >= 4 is 11.6 Å². The maximum absolute atomic E-state index is 12.2. The molecule has 1 aliphatic rings. The van der Waals surface area contributed by atoms with Crippen LogP contribution in [0.2, 0.25) is 0 Å². The molecule has 1 aromatic rings. The van der Waals surface area contributed by atoms with Gasteiger partial charge in [-0.25, -0.2) is 0 Å². The van der Waals surface area contributed by atoms with E-state index in [0.717, 1.165) is 30.6 Å². The average Bonchev–Trinajstić information content (AvgIpc) is 2.51. The van der Waals surface area contributed by atoms with Crippen molar-refractivity contribution in [1.82, 2.24) is 5.32 Å². The maximum Gasteiger partial charge on any atom is 0.227 e. The van der Waals surface area contributed by atoms with Gasteiger partial charge < -0.3 is 10.2 Å². The summed E-state index contributed by atoms with van der Waals surface area (Å²) in [5, 5.41) is 3.07. The van der Waals surface area contributed by atoms with Crippen molar-refractivity contribution in [3.8, 4) is 0 Å². The summed E-state index contributed by atoms with van der Waals surface area (Å²) in [6, 6.07) is 8.17. The number of hydrogen-bond acceptors (Lipinski definition) is 2. The molecule has 0 radical (unpaired) electrons. The normalized spacial score (nSPS) is 15.2. The molecular formula is C15H20N2O. The van der Waals surface area contributed by atoms with Crippen LogP contribution in [-0.4, -0.2) is 26.0 Å². The molecule has 96 valence electrons. The molecule has 0 atom stereocenters. The lowest BCUT2D eigenvalue weighted by Crippen LogP contribution is -2.33. The van der Waals surface area contributed by atoms with Crippen LogP contribution in [0.4, 0.5) is 5.69 Å². The van der Waals surface area contributed by atoms with E-state index >= 15 is 0 Å². The molecule has 1 aliphatic heterocycles. The monoisotopic (exact) mass is 244 g/mol. The third-order valence-corrected chi connectivity index (χ3v) is 3.23. The summed E-state index contributed by atoms with van der Waals surface area (Å²) in [5.41, 5.74) is 3.35. The number of nitrogens with one attached hydrogen (secondary N) is 1. The van der Waals surface area contributed by atoms with Gasteiger partial charge in [0.05, 0.1) is 0 Å². The molecule has 1 amide bonds. The summed E-state index contributed by atoms with van der Waals surface area (Å²) in [6.45, 7) is 5.37. The van der Waals surface area contributed by atoms with Crippen LogP contribution in [0.5, 0.6) is 0 Å². The fourth-order valence-corrected chi connectivity index (χ4v) is 2.39. The van der Waals surface area contributed by atoms with Gasteiger partial charge in [0.15, 0.2) is 0 Å². The van der Waals surface area contributed by atoms with Crippen molar-refractivity contribution in [3.05, 3.63) is 42.0 Å². The summed E-state index contributed by atoms with van der Waals surface area (Å²) >= 11 is 0. The molecule has 0 fully saturated rings. The van der Waals surface area contributed by atoms with Crippen LogP contribution in [0.25, 0.3) is 0 Å². The largest absolute Gasteiger partial charge is 0.316 e. The van der Waals surface area contributed by atoms with Crippen molar-refractivity contribution in [3.63, 3.8) is 0 Å². The third kappa shape index (κ3) is 2.79. The molecule has 2 rings (SSSR count). The van der Waals surface area contributed by atoms with E-state index in [1.807, 2.05) is 30.1 Å². The minimum absolute atomic E-state index is 0.206. The van der Waals surface area contributed by atoms with Gasteiger partial charge in [0.25, 0.3) is 0 Å². The van der Waals surface area contributed by atoms with E-state index in [9.17, 15) is 4.79 Å². The van der Waals surface area contributed by atoms with Crippen molar-refractivity contribution in [2.24, 2.45) is 0 Å².